The van der Waals surface area contributed by atoms with Gasteiger partial charge in [-0.3, -0.25) is 9.59 Å². The summed E-state index contributed by atoms with van der Waals surface area (Å²) in [5.74, 6) is -0.642. The minimum atomic E-state index is -0.888. The fourth-order valence-electron chi connectivity index (χ4n) is 2.42. The molecule has 25 heavy (non-hydrogen) atoms. The molecule has 0 heterocycles. The molecule has 0 saturated heterocycles. The van der Waals surface area contributed by atoms with Gasteiger partial charge in [0.05, 0.1) is 19.1 Å². The second-order valence-electron chi connectivity index (χ2n) is 6.89. The van der Waals surface area contributed by atoms with Gasteiger partial charge < -0.3 is 15.2 Å². The standard InChI is InChI=1S/C20H23NO4/c1-20(2,3)14-7-10-16(17(12-14)25-4)19(24)21-15-8-5-13(6-9-15)11-18(22)23/h5-10,12H,11H2,1-4H3,(H,21,24)(H,22,23). The number of ether oxygens (including phenoxy) is 1. The number of carbonyl (C=O) groups is 2. The van der Waals surface area contributed by atoms with E-state index >= 15 is 0 Å². The maximum absolute atomic E-state index is 12.5. The van der Waals surface area contributed by atoms with Crippen LogP contribution in [-0.2, 0) is 16.6 Å². The molecule has 0 aliphatic rings. The van der Waals surface area contributed by atoms with Crippen LogP contribution < -0.4 is 10.1 Å². The molecule has 1 amide bonds. The summed E-state index contributed by atoms with van der Waals surface area (Å²) in [6, 6.07) is 12.3. The number of amides is 1. The highest BCUT2D eigenvalue weighted by molar-refractivity contribution is 6.06. The number of benzene rings is 2. The Morgan fingerprint density at radius 1 is 1.08 bits per heavy atom. The highest BCUT2D eigenvalue weighted by Crippen LogP contribution is 2.29. The molecule has 0 atom stereocenters. The van der Waals surface area contributed by atoms with E-state index in [9.17, 15) is 9.59 Å². The van der Waals surface area contributed by atoms with Gasteiger partial charge in [0.15, 0.2) is 0 Å². The van der Waals surface area contributed by atoms with Crippen molar-refractivity contribution in [2.45, 2.75) is 32.6 Å². The normalized spacial score (nSPS) is 11.0. The number of methoxy groups -OCH3 is 1. The third-order valence-corrected chi connectivity index (χ3v) is 3.88. The molecule has 132 valence electrons. The topological polar surface area (TPSA) is 75.6 Å². The molecule has 0 spiro atoms. The average molecular weight is 341 g/mol. The Kier molecular flexibility index (Phi) is 5.47. The lowest BCUT2D eigenvalue weighted by molar-refractivity contribution is -0.136. The first-order chi connectivity index (χ1) is 11.7. The monoisotopic (exact) mass is 341 g/mol. The van der Waals surface area contributed by atoms with Crippen molar-refractivity contribution in [2.24, 2.45) is 0 Å². The van der Waals surface area contributed by atoms with E-state index in [0.717, 1.165) is 5.56 Å². The van der Waals surface area contributed by atoms with Crippen LogP contribution in [0.15, 0.2) is 42.5 Å². The fourth-order valence-corrected chi connectivity index (χ4v) is 2.42. The van der Waals surface area contributed by atoms with Crippen LogP contribution in [0.25, 0.3) is 0 Å². The number of hydrogen-bond acceptors (Lipinski definition) is 3. The molecule has 0 aliphatic carbocycles. The number of anilines is 1. The van der Waals surface area contributed by atoms with Crippen LogP contribution >= 0.6 is 0 Å². The Morgan fingerprint density at radius 2 is 1.72 bits per heavy atom. The predicted molar refractivity (Wildman–Crippen MR) is 97.4 cm³/mol. The smallest absolute Gasteiger partial charge is 0.307 e. The summed E-state index contributed by atoms with van der Waals surface area (Å²) in [7, 11) is 1.54. The van der Waals surface area contributed by atoms with E-state index in [1.54, 1.807) is 37.4 Å². The van der Waals surface area contributed by atoms with E-state index in [1.165, 1.54) is 0 Å². The maximum atomic E-state index is 12.5. The van der Waals surface area contributed by atoms with Crippen LogP contribution in [0.2, 0.25) is 0 Å². The van der Waals surface area contributed by atoms with Crippen LogP contribution in [0.3, 0.4) is 0 Å². The highest BCUT2D eigenvalue weighted by Gasteiger charge is 2.19. The Morgan fingerprint density at radius 3 is 2.24 bits per heavy atom. The molecule has 2 aromatic rings. The first-order valence-electron chi connectivity index (χ1n) is 8.01. The van der Waals surface area contributed by atoms with Gasteiger partial charge in [-0.15, -0.1) is 0 Å². The summed E-state index contributed by atoms with van der Waals surface area (Å²) < 4.78 is 5.38. The number of carbonyl (C=O) groups excluding carboxylic acids is 1. The van der Waals surface area contributed by atoms with Gasteiger partial charge in [0.25, 0.3) is 5.91 Å². The molecule has 2 N–H and O–H groups in total. The minimum absolute atomic E-state index is 0.0394. The van der Waals surface area contributed by atoms with Crippen LogP contribution in [0.4, 0.5) is 5.69 Å². The predicted octanol–water partition coefficient (Wildman–Crippen LogP) is 3.87. The number of hydrogen-bond donors (Lipinski definition) is 2. The molecule has 0 saturated carbocycles. The Balaban J connectivity index is 2.19. The Labute approximate surface area is 147 Å². The van der Waals surface area contributed by atoms with Crippen LogP contribution in [-0.4, -0.2) is 24.1 Å². The van der Waals surface area contributed by atoms with Gasteiger partial charge in [-0.05, 0) is 40.8 Å². The molecule has 0 bridgehead atoms. The summed E-state index contributed by atoms with van der Waals surface area (Å²) in [6.07, 6.45) is -0.0453. The zero-order valence-electron chi connectivity index (χ0n) is 14.9. The fraction of sp³-hybridized carbons (Fsp3) is 0.300. The second-order valence-corrected chi connectivity index (χ2v) is 6.89. The number of carboxylic acid groups (broad SMARTS) is 1. The summed E-state index contributed by atoms with van der Waals surface area (Å²) in [6.45, 7) is 6.29. The lowest BCUT2D eigenvalue weighted by atomic mass is 9.86. The van der Waals surface area contributed by atoms with Crippen molar-refractivity contribution < 1.29 is 19.4 Å². The lowest BCUT2D eigenvalue weighted by Gasteiger charge is -2.20. The van der Waals surface area contributed by atoms with Crippen molar-refractivity contribution >= 4 is 17.6 Å². The van der Waals surface area contributed by atoms with Crippen molar-refractivity contribution in [3.63, 3.8) is 0 Å². The Bertz CT molecular complexity index is 773. The third kappa shape index (κ3) is 4.83. The minimum Gasteiger partial charge on any atom is -0.496 e. The number of nitrogens with one attached hydrogen (secondary N) is 1. The molecule has 2 aromatic carbocycles. The van der Waals surface area contributed by atoms with Gasteiger partial charge >= 0.3 is 5.97 Å². The second kappa shape index (κ2) is 7.38. The molecule has 0 unspecified atom stereocenters. The molecule has 5 heteroatoms. The molecule has 5 nitrogen and oxygen atoms in total. The number of rotatable bonds is 5. The molecule has 0 aliphatic heterocycles. The molecular formula is C20H23NO4. The van der Waals surface area contributed by atoms with Gasteiger partial charge in [-0.1, -0.05) is 39.0 Å². The van der Waals surface area contributed by atoms with Crippen molar-refractivity contribution in [3.8, 4) is 5.75 Å². The molecule has 0 radical (unpaired) electrons. The molecular weight excluding hydrogens is 318 g/mol. The zero-order valence-corrected chi connectivity index (χ0v) is 14.9. The first kappa shape index (κ1) is 18.5. The zero-order chi connectivity index (χ0) is 18.6. The van der Waals surface area contributed by atoms with Crippen molar-refractivity contribution in [2.75, 3.05) is 12.4 Å². The van der Waals surface area contributed by atoms with Crippen LogP contribution in [0, 0.1) is 0 Å². The quantitative estimate of drug-likeness (QED) is 0.865. The van der Waals surface area contributed by atoms with E-state index in [-0.39, 0.29) is 17.7 Å². The van der Waals surface area contributed by atoms with Crippen molar-refractivity contribution in [1.82, 2.24) is 0 Å². The molecule has 0 fully saturated rings. The van der Waals surface area contributed by atoms with E-state index in [2.05, 4.69) is 26.1 Å². The lowest BCUT2D eigenvalue weighted by Crippen LogP contribution is -2.16. The van der Waals surface area contributed by atoms with E-state index in [1.807, 2.05) is 12.1 Å². The SMILES string of the molecule is COc1cc(C(C)(C)C)ccc1C(=O)Nc1ccc(CC(=O)O)cc1. The van der Waals surface area contributed by atoms with E-state index < -0.39 is 5.97 Å². The summed E-state index contributed by atoms with van der Waals surface area (Å²) in [4.78, 5) is 23.2. The maximum Gasteiger partial charge on any atom is 0.307 e. The van der Waals surface area contributed by atoms with E-state index in [4.69, 9.17) is 9.84 Å². The van der Waals surface area contributed by atoms with Gasteiger partial charge in [0, 0.05) is 5.69 Å². The van der Waals surface area contributed by atoms with Gasteiger partial charge in [-0.2, -0.15) is 0 Å². The van der Waals surface area contributed by atoms with Gasteiger partial charge in [0.1, 0.15) is 5.75 Å². The Hall–Kier alpha value is -2.82. The summed E-state index contributed by atoms with van der Waals surface area (Å²) >= 11 is 0. The van der Waals surface area contributed by atoms with Crippen molar-refractivity contribution in [3.05, 3.63) is 59.2 Å². The number of carboxylic acids is 1. The molecule has 0 aromatic heterocycles. The van der Waals surface area contributed by atoms with Crippen molar-refractivity contribution in [1.29, 1.82) is 0 Å². The first-order valence-corrected chi connectivity index (χ1v) is 8.01. The van der Waals surface area contributed by atoms with Crippen LogP contribution in [0.5, 0.6) is 5.75 Å². The van der Waals surface area contributed by atoms with Gasteiger partial charge in [0.2, 0.25) is 0 Å². The summed E-state index contributed by atoms with van der Waals surface area (Å²) in [5.41, 5.74) is 2.77. The van der Waals surface area contributed by atoms with Gasteiger partial charge in [-0.25, -0.2) is 0 Å². The van der Waals surface area contributed by atoms with E-state index in [0.29, 0.717) is 22.6 Å². The van der Waals surface area contributed by atoms with Crippen LogP contribution in [0.1, 0.15) is 42.3 Å². The molecule has 2 rings (SSSR count). The highest BCUT2D eigenvalue weighted by atomic mass is 16.5. The third-order valence-electron chi connectivity index (χ3n) is 3.88. The largest absolute Gasteiger partial charge is 0.496 e. The average Bonchev–Trinajstić information content (AvgIpc) is 2.54. The number of aliphatic carboxylic acids is 1. The summed E-state index contributed by atoms with van der Waals surface area (Å²) in [5, 5.41) is 11.6.